The van der Waals surface area contributed by atoms with Crippen molar-refractivity contribution in [1.29, 1.82) is 0 Å². The maximum atomic E-state index is 13.8. The third kappa shape index (κ3) is 5.18. The molecule has 0 radical (unpaired) electrons. The third-order valence-corrected chi connectivity index (χ3v) is 4.51. The van der Waals surface area contributed by atoms with Crippen LogP contribution in [0.25, 0.3) is 0 Å². The summed E-state index contributed by atoms with van der Waals surface area (Å²) in [6.07, 6.45) is 0.722. The van der Waals surface area contributed by atoms with Crippen molar-refractivity contribution in [1.82, 2.24) is 5.32 Å². The molecule has 0 bridgehead atoms. The number of aryl methyl sites for hydroxylation is 1. The van der Waals surface area contributed by atoms with Gasteiger partial charge in [0.05, 0.1) is 0 Å². The van der Waals surface area contributed by atoms with Crippen LogP contribution in [0.5, 0.6) is 0 Å². The fourth-order valence-corrected chi connectivity index (χ4v) is 3.38. The van der Waals surface area contributed by atoms with Gasteiger partial charge in [-0.1, -0.05) is 42.8 Å². The van der Waals surface area contributed by atoms with Crippen LogP contribution in [0.4, 0.5) is 4.39 Å². The Morgan fingerprint density at radius 3 is 2.67 bits per heavy atom. The molecule has 0 amide bonds. The minimum atomic E-state index is -0.110. The lowest BCUT2D eigenvalue weighted by molar-refractivity contribution is 0.545. The van der Waals surface area contributed by atoms with Crippen molar-refractivity contribution in [2.75, 3.05) is 12.3 Å². The molecular weight excluding hydrogens is 281 g/mol. The van der Waals surface area contributed by atoms with Gasteiger partial charge in [0.1, 0.15) is 5.82 Å². The number of halogens is 1. The van der Waals surface area contributed by atoms with Gasteiger partial charge in [-0.15, -0.1) is 11.8 Å². The number of benzene rings is 2. The van der Waals surface area contributed by atoms with Crippen LogP contribution in [-0.2, 0) is 6.42 Å². The Morgan fingerprint density at radius 1 is 1.14 bits per heavy atom. The number of likely N-dealkylation sites (N-methyl/N-ethyl adjacent to an activating group) is 1. The Hall–Kier alpha value is -1.32. The Labute approximate surface area is 131 Å². The summed E-state index contributed by atoms with van der Waals surface area (Å²) in [4.78, 5) is 1.27. The van der Waals surface area contributed by atoms with Crippen molar-refractivity contribution in [2.45, 2.75) is 31.2 Å². The zero-order chi connectivity index (χ0) is 15.1. The van der Waals surface area contributed by atoms with Crippen LogP contribution >= 0.6 is 11.8 Å². The molecule has 0 aliphatic carbocycles. The first-order valence-corrected chi connectivity index (χ1v) is 8.34. The Balaban J connectivity index is 1.97. The molecule has 1 N–H and O–H groups in total. The summed E-state index contributed by atoms with van der Waals surface area (Å²) in [5, 5.41) is 3.46. The van der Waals surface area contributed by atoms with E-state index in [-0.39, 0.29) is 11.9 Å². The molecule has 1 nitrogen and oxygen atoms in total. The van der Waals surface area contributed by atoms with Gasteiger partial charge in [0, 0.05) is 16.7 Å². The highest BCUT2D eigenvalue weighted by atomic mass is 32.2. The average molecular weight is 303 g/mol. The quantitative estimate of drug-likeness (QED) is 0.759. The van der Waals surface area contributed by atoms with E-state index in [0.717, 1.165) is 24.3 Å². The van der Waals surface area contributed by atoms with Gasteiger partial charge >= 0.3 is 0 Å². The van der Waals surface area contributed by atoms with E-state index in [2.05, 4.69) is 43.4 Å². The molecule has 3 heteroatoms. The Kier molecular flexibility index (Phi) is 6.27. The molecule has 0 aliphatic heterocycles. The molecule has 2 aromatic carbocycles. The van der Waals surface area contributed by atoms with E-state index < -0.39 is 0 Å². The summed E-state index contributed by atoms with van der Waals surface area (Å²) < 4.78 is 13.8. The van der Waals surface area contributed by atoms with Gasteiger partial charge in [-0.2, -0.15) is 0 Å². The maximum absolute atomic E-state index is 13.8. The summed E-state index contributed by atoms with van der Waals surface area (Å²) in [6.45, 7) is 5.09. The lowest BCUT2D eigenvalue weighted by atomic mass is 10.1. The van der Waals surface area contributed by atoms with E-state index in [9.17, 15) is 4.39 Å². The SMILES string of the molecule is CCNC(CSc1cccc(C)c1)Cc1ccccc1F. The third-order valence-electron chi connectivity index (χ3n) is 3.36. The molecule has 0 saturated carbocycles. The molecule has 0 spiro atoms. The molecular formula is C18H22FNS. The second-order valence-electron chi connectivity index (χ2n) is 5.18. The minimum Gasteiger partial charge on any atom is -0.313 e. The first-order chi connectivity index (χ1) is 10.2. The number of thioether (sulfide) groups is 1. The first kappa shape index (κ1) is 16.1. The van der Waals surface area contributed by atoms with Gasteiger partial charge in [0.2, 0.25) is 0 Å². The number of hydrogen-bond acceptors (Lipinski definition) is 2. The molecule has 0 heterocycles. The molecule has 0 aliphatic rings. The van der Waals surface area contributed by atoms with Gasteiger partial charge in [0.25, 0.3) is 0 Å². The zero-order valence-electron chi connectivity index (χ0n) is 12.6. The smallest absolute Gasteiger partial charge is 0.126 e. The predicted octanol–water partition coefficient (Wildman–Crippen LogP) is 4.45. The fraction of sp³-hybridized carbons (Fsp3) is 0.333. The van der Waals surface area contributed by atoms with Crippen molar-refractivity contribution < 1.29 is 4.39 Å². The minimum absolute atomic E-state index is 0.110. The molecule has 1 atom stereocenters. The summed E-state index contributed by atoms with van der Waals surface area (Å²) in [7, 11) is 0. The van der Waals surface area contributed by atoms with Crippen molar-refractivity contribution in [3.05, 3.63) is 65.5 Å². The second-order valence-corrected chi connectivity index (χ2v) is 6.27. The molecule has 112 valence electrons. The maximum Gasteiger partial charge on any atom is 0.126 e. The summed E-state index contributed by atoms with van der Waals surface area (Å²) >= 11 is 1.82. The van der Waals surface area contributed by atoms with E-state index in [1.165, 1.54) is 16.5 Å². The van der Waals surface area contributed by atoms with E-state index in [1.54, 1.807) is 6.07 Å². The molecule has 2 rings (SSSR count). The monoisotopic (exact) mass is 303 g/mol. The molecule has 0 saturated heterocycles. The lowest BCUT2D eigenvalue weighted by Gasteiger charge is -2.18. The summed E-state index contributed by atoms with van der Waals surface area (Å²) in [6, 6.07) is 15.8. The van der Waals surface area contributed by atoms with Crippen LogP contribution in [0, 0.1) is 12.7 Å². The zero-order valence-corrected chi connectivity index (χ0v) is 13.4. The van der Waals surface area contributed by atoms with Crippen LogP contribution < -0.4 is 5.32 Å². The van der Waals surface area contributed by atoms with Gasteiger partial charge in [-0.25, -0.2) is 4.39 Å². The number of rotatable bonds is 7. The van der Waals surface area contributed by atoms with E-state index in [0.29, 0.717) is 0 Å². The van der Waals surface area contributed by atoms with E-state index in [1.807, 2.05) is 23.9 Å². The molecule has 2 aromatic rings. The average Bonchev–Trinajstić information content (AvgIpc) is 2.47. The van der Waals surface area contributed by atoms with Crippen molar-refractivity contribution in [2.24, 2.45) is 0 Å². The highest BCUT2D eigenvalue weighted by Gasteiger charge is 2.11. The van der Waals surface area contributed by atoms with E-state index in [4.69, 9.17) is 0 Å². The van der Waals surface area contributed by atoms with Gasteiger partial charge in [-0.05, 0) is 43.7 Å². The van der Waals surface area contributed by atoms with Crippen molar-refractivity contribution in [3.63, 3.8) is 0 Å². The molecule has 0 fully saturated rings. The van der Waals surface area contributed by atoms with Crippen LogP contribution in [0.1, 0.15) is 18.1 Å². The Bertz CT molecular complexity index is 571. The van der Waals surface area contributed by atoms with Crippen molar-refractivity contribution in [3.8, 4) is 0 Å². The number of hydrogen-bond donors (Lipinski definition) is 1. The van der Waals surface area contributed by atoms with Crippen LogP contribution in [-0.4, -0.2) is 18.3 Å². The molecule has 21 heavy (non-hydrogen) atoms. The molecule has 1 unspecified atom stereocenters. The van der Waals surface area contributed by atoms with Crippen LogP contribution in [0.2, 0.25) is 0 Å². The standard InChI is InChI=1S/C18H22FNS/c1-3-20-16(12-15-8-4-5-10-18(15)19)13-21-17-9-6-7-14(2)11-17/h4-11,16,20H,3,12-13H2,1-2H3. The van der Waals surface area contributed by atoms with Crippen LogP contribution in [0.15, 0.2) is 53.4 Å². The van der Waals surface area contributed by atoms with Gasteiger partial charge < -0.3 is 5.32 Å². The number of nitrogens with one attached hydrogen (secondary N) is 1. The molecule has 0 aromatic heterocycles. The Morgan fingerprint density at radius 2 is 1.95 bits per heavy atom. The highest BCUT2D eigenvalue weighted by Crippen LogP contribution is 2.21. The van der Waals surface area contributed by atoms with Gasteiger partial charge in [-0.3, -0.25) is 0 Å². The highest BCUT2D eigenvalue weighted by molar-refractivity contribution is 7.99. The first-order valence-electron chi connectivity index (χ1n) is 7.35. The second kappa shape index (κ2) is 8.20. The fourth-order valence-electron chi connectivity index (χ4n) is 2.31. The van der Waals surface area contributed by atoms with Gasteiger partial charge in [0.15, 0.2) is 0 Å². The summed E-state index contributed by atoms with van der Waals surface area (Å²) in [5.74, 6) is 0.826. The topological polar surface area (TPSA) is 12.0 Å². The van der Waals surface area contributed by atoms with Crippen LogP contribution in [0.3, 0.4) is 0 Å². The normalized spacial score (nSPS) is 12.3. The largest absolute Gasteiger partial charge is 0.313 e. The predicted molar refractivity (Wildman–Crippen MR) is 89.5 cm³/mol. The summed E-state index contributed by atoms with van der Waals surface area (Å²) in [5.41, 5.74) is 2.06. The lowest BCUT2D eigenvalue weighted by Crippen LogP contribution is -2.33. The van der Waals surface area contributed by atoms with E-state index >= 15 is 0 Å². The van der Waals surface area contributed by atoms with Crippen molar-refractivity contribution >= 4 is 11.8 Å².